The van der Waals surface area contributed by atoms with Crippen LogP contribution in [0.1, 0.15) is 0 Å². The van der Waals surface area contributed by atoms with Crippen LogP contribution in [0.5, 0.6) is 0 Å². The zero-order chi connectivity index (χ0) is 33.8. The van der Waals surface area contributed by atoms with Gasteiger partial charge in [0, 0.05) is 0 Å². The predicted molar refractivity (Wildman–Crippen MR) is 227 cm³/mol. The predicted octanol–water partition coefficient (Wildman–Crippen LogP) is 11.1. The first-order valence-corrected chi connectivity index (χ1v) is 23.2. The summed E-state index contributed by atoms with van der Waals surface area (Å²) in [4.78, 5) is 0. The maximum absolute atomic E-state index is 3.57. The van der Waals surface area contributed by atoms with E-state index in [-0.39, 0.29) is 0 Å². The van der Waals surface area contributed by atoms with E-state index in [2.05, 4.69) is 194 Å². The SMILES string of the molecule is c1cc[c]([Ge]([c]2ccccc2)([c]2cccc(-c3ccc4sc5ccccc5c4c3)c2)[c]2cccc(-c3ccc4sc5ccccc5c4c3)c2)cc1. The molecule has 0 spiro atoms. The van der Waals surface area contributed by atoms with Crippen LogP contribution in [0.15, 0.2) is 194 Å². The van der Waals surface area contributed by atoms with Crippen LogP contribution in [0.4, 0.5) is 0 Å². The van der Waals surface area contributed by atoms with E-state index in [4.69, 9.17) is 0 Å². The molecule has 10 aromatic rings. The molecular weight excluding hydrogens is 713 g/mol. The van der Waals surface area contributed by atoms with Crippen LogP contribution in [0.25, 0.3) is 62.6 Å². The number of fused-ring (bicyclic) bond motifs is 6. The van der Waals surface area contributed by atoms with Crippen molar-refractivity contribution in [1.29, 1.82) is 0 Å². The molecule has 3 heteroatoms. The van der Waals surface area contributed by atoms with Gasteiger partial charge >= 0.3 is 310 Å². The minimum absolute atomic E-state index is 1.26. The van der Waals surface area contributed by atoms with Crippen LogP contribution in [0.3, 0.4) is 0 Å². The standard InChI is InChI=1S/C48H32GeS2/c1-3-15-37(16-4-1)49(38-17-5-2-6-18-38,39-19-11-13-33(29-39)35-25-27-47-43(31-35)41-21-7-9-23-45(41)50-47)40-20-12-14-34(30-40)36-26-28-48-44(32-36)42-22-8-10-24-46(42)51-48/h1-32H. The van der Waals surface area contributed by atoms with E-state index < -0.39 is 13.3 Å². The Kier molecular flexibility index (Phi) is 7.49. The molecule has 0 aliphatic heterocycles. The third kappa shape index (κ3) is 5.09. The van der Waals surface area contributed by atoms with Crippen LogP contribution < -0.4 is 17.6 Å². The number of hydrogen-bond donors (Lipinski definition) is 0. The molecule has 0 unspecified atom stereocenters. The Morgan fingerprint density at radius 1 is 0.255 bits per heavy atom. The Bertz CT molecular complexity index is 2670. The summed E-state index contributed by atoms with van der Waals surface area (Å²) in [6, 6.07) is 73.2. The fourth-order valence-corrected chi connectivity index (χ4v) is 20.3. The number of rotatable bonds is 6. The Hall–Kier alpha value is -5.26. The monoisotopic (exact) mass is 746 g/mol. The van der Waals surface area contributed by atoms with E-state index in [0.717, 1.165) is 0 Å². The fourth-order valence-electron chi connectivity index (χ4n) is 8.05. The van der Waals surface area contributed by atoms with Crippen molar-refractivity contribution >= 4 is 93.9 Å². The van der Waals surface area contributed by atoms with E-state index >= 15 is 0 Å². The molecule has 0 N–H and O–H groups in total. The van der Waals surface area contributed by atoms with Gasteiger partial charge in [-0.1, -0.05) is 0 Å². The van der Waals surface area contributed by atoms with Gasteiger partial charge in [0.15, 0.2) is 0 Å². The van der Waals surface area contributed by atoms with Gasteiger partial charge in [0.05, 0.1) is 0 Å². The molecule has 0 bridgehead atoms. The molecule has 2 aromatic heterocycles. The van der Waals surface area contributed by atoms with Crippen molar-refractivity contribution in [2.24, 2.45) is 0 Å². The van der Waals surface area contributed by atoms with Crippen LogP contribution in [0, 0.1) is 0 Å². The van der Waals surface area contributed by atoms with E-state index in [1.807, 2.05) is 22.7 Å². The molecule has 8 aromatic carbocycles. The van der Waals surface area contributed by atoms with Crippen molar-refractivity contribution in [2.75, 3.05) is 0 Å². The van der Waals surface area contributed by atoms with Gasteiger partial charge in [0.25, 0.3) is 0 Å². The van der Waals surface area contributed by atoms with E-state index in [0.29, 0.717) is 0 Å². The molecule has 10 rings (SSSR count). The van der Waals surface area contributed by atoms with Crippen LogP contribution in [-0.2, 0) is 0 Å². The van der Waals surface area contributed by atoms with Crippen LogP contribution in [0.2, 0.25) is 0 Å². The topological polar surface area (TPSA) is 0 Å². The van der Waals surface area contributed by atoms with Gasteiger partial charge < -0.3 is 0 Å². The Balaban J connectivity index is 1.20. The fraction of sp³-hybridized carbons (Fsp3) is 0. The molecule has 0 aliphatic rings. The average molecular weight is 746 g/mol. The van der Waals surface area contributed by atoms with E-state index in [1.165, 1.54) is 80.2 Å². The van der Waals surface area contributed by atoms with Gasteiger partial charge in [-0.3, -0.25) is 0 Å². The normalized spacial score (nSPS) is 11.9. The van der Waals surface area contributed by atoms with Crippen molar-refractivity contribution in [3.05, 3.63) is 194 Å². The molecule has 51 heavy (non-hydrogen) atoms. The summed E-state index contributed by atoms with van der Waals surface area (Å²) in [5, 5.41) is 5.34. The summed E-state index contributed by atoms with van der Waals surface area (Å²) < 4.78 is 11.1. The molecular formula is C48H32GeS2. The first-order valence-electron chi connectivity index (χ1n) is 17.4. The van der Waals surface area contributed by atoms with Gasteiger partial charge in [-0.05, 0) is 0 Å². The van der Waals surface area contributed by atoms with Gasteiger partial charge in [-0.15, -0.1) is 0 Å². The second kappa shape index (κ2) is 12.5. The van der Waals surface area contributed by atoms with Crippen molar-refractivity contribution in [1.82, 2.24) is 0 Å². The van der Waals surface area contributed by atoms with Crippen molar-refractivity contribution in [2.45, 2.75) is 0 Å². The first-order chi connectivity index (χ1) is 25.3. The first kappa shape index (κ1) is 30.6. The van der Waals surface area contributed by atoms with Crippen LogP contribution >= 0.6 is 22.7 Å². The molecule has 240 valence electrons. The zero-order valence-electron chi connectivity index (χ0n) is 27.8. The van der Waals surface area contributed by atoms with Crippen LogP contribution in [-0.4, -0.2) is 13.3 Å². The second-order valence-corrected chi connectivity index (χ2v) is 23.4. The third-order valence-electron chi connectivity index (χ3n) is 10.4. The quantitative estimate of drug-likeness (QED) is 0.149. The Morgan fingerprint density at radius 3 is 1.10 bits per heavy atom. The summed E-state index contributed by atoms with van der Waals surface area (Å²) in [6.07, 6.45) is 0. The summed E-state index contributed by atoms with van der Waals surface area (Å²) in [5.74, 6) is 0. The van der Waals surface area contributed by atoms with Crippen molar-refractivity contribution in [3.8, 4) is 22.3 Å². The zero-order valence-corrected chi connectivity index (χ0v) is 31.5. The molecule has 0 nitrogen and oxygen atoms in total. The minimum atomic E-state index is -3.57. The molecule has 0 fully saturated rings. The van der Waals surface area contributed by atoms with Crippen molar-refractivity contribution < 1.29 is 0 Å². The number of benzene rings is 8. The van der Waals surface area contributed by atoms with Gasteiger partial charge in [0.1, 0.15) is 0 Å². The summed E-state index contributed by atoms with van der Waals surface area (Å²) in [6.45, 7) is 0. The number of thiophene rings is 2. The summed E-state index contributed by atoms with van der Waals surface area (Å²) >= 11 is 0.177. The molecule has 0 atom stereocenters. The summed E-state index contributed by atoms with van der Waals surface area (Å²) in [7, 11) is 0. The van der Waals surface area contributed by atoms with Gasteiger partial charge in [-0.2, -0.15) is 0 Å². The molecule has 0 radical (unpaired) electrons. The maximum atomic E-state index is 2.51. The molecule has 2 heterocycles. The van der Waals surface area contributed by atoms with Gasteiger partial charge in [-0.25, -0.2) is 0 Å². The van der Waals surface area contributed by atoms with Crippen molar-refractivity contribution in [3.63, 3.8) is 0 Å². The van der Waals surface area contributed by atoms with Gasteiger partial charge in [0.2, 0.25) is 0 Å². The second-order valence-electron chi connectivity index (χ2n) is 13.3. The Labute approximate surface area is 308 Å². The molecule has 0 aliphatic carbocycles. The Morgan fingerprint density at radius 2 is 0.627 bits per heavy atom. The number of hydrogen-bond acceptors (Lipinski definition) is 2. The average Bonchev–Trinajstić information content (AvgIpc) is 3.77. The van der Waals surface area contributed by atoms with E-state index in [9.17, 15) is 0 Å². The molecule has 0 amide bonds. The van der Waals surface area contributed by atoms with E-state index in [1.54, 1.807) is 0 Å². The summed E-state index contributed by atoms with van der Waals surface area (Å²) in [5.41, 5.74) is 5.04. The molecule has 0 saturated carbocycles. The molecule has 0 saturated heterocycles. The third-order valence-corrected chi connectivity index (χ3v) is 22.7.